The van der Waals surface area contributed by atoms with Gasteiger partial charge in [-0.2, -0.15) is 0 Å². The third-order valence-electron chi connectivity index (χ3n) is 4.04. The van der Waals surface area contributed by atoms with E-state index < -0.39 is 0 Å². The Kier molecular flexibility index (Phi) is 5.11. The summed E-state index contributed by atoms with van der Waals surface area (Å²) in [4.78, 5) is 20.8. The Morgan fingerprint density at radius 3 is 2.62 bits per heavy atom. The summed E-state index contributed by atoms with van der Waals surface area (Å²) < 4.78 is 18.6. The fourth-order valence-corrected chi connectivity index (χ4v) is 2.81. The second-order valence-electron chi connectivity index (χ2n) is 6.21. The molecule has 2 aromatic heterocycles. The van der Waals surface area contributed by atoms with Crippen LogP contribution in [0.15, 0.2) is 40.9 Å². The number of aromatic nitrogens is 2. The van der Waals surface area contributed by atoms with Crippen LogP contribution in [0.1, 0.15) is 29.3 Å². The number of oxazole rings is 1. The van der Waals surface area contributed by atoms with Crippen LogP contribution in [0.5, 0.6) is 0 Å². The molecule has 1 amide bonds. The maximum atomic E-state index is 13.0. The van der Waals surface area contributed by atoms with Gasteiger partial charge in [0.25, 0.3) is 0 Å². The van der Waals surface area contributed by atoms with E-state index >= 15 is 0 Å². The van der Waals surface area contributed by atoms with Crippen LogP contribution in [0.3, 0.4) is 0 Å². The van der Waals surface area contributed by atoms with E-state index in [0.717, 1.165) is 28.2 Å². The molecule has 5 nitrogen and oxygen atoms in total. The van der Waals surface area contributed by atoms with Crippen LogP contribution in [0.25, 0.3) is 11.3 Å². The van der Waals surface area contributed by atoms with Crippen molar-refractivity contribution in [3.8, 4) is 11.3 Å². The van der Waals surface area contributed by atoms with Crippen LogP contribution >= 0.6 is 0 Å². The molecule has 0 aliphatic rings. The number of aryl methyl sites for hydroxylation is 4. The minimum atomic E-state index is -0.304. The zero-order valence-corrected chi connectivity index (χ0v) is 15.0. The number of benzene rings is 1. The van der Waals surface area contributed by atoms with E-state index in [1.165, 1.54) is 12.1 Å². The van der Waals surface area contributed by atoms with Crippen LogP contribution in [-0.4, -0.2) is 15.9 Å². The topological polar surface area (TPSA) is 68.0 Å². The van der Waals surface area contributed by atoms with Gasteiger partial charge < -0.3 is 9.73 Å². The van der Waals surface area contributed by atoms with Gasteiger partial charge >= 0.3 is 0 Å². The van der Waals surface area contributed by atoms with Crippen molar-refractivity contribution < 1.29 is 13.6 Å². The Labute approximate surface area is 151 Å². The molecule has 0 saturated carbocycles. The summed E-state index contributed by atoms with van der Waals surface area (Å²) in [7, 11) is 0. The molecule has 26 heavy (non-hydrogen) atoms. The van der Waals surface area contributed by atoms with Gasteiger partial charge in [0.15, 0.2) is 11.7 Å². The number of halogens is 1. The van der Waals surface area contributed by atoms with Crippen molar-refractivity contribution in [2.75, 3.05) is 5.32 Å². The summed E-state index contributed by atoms with van der Waals surface area (Å²) in [5.74, 6) is 0.592. The van der Waals surface area contributed by atoms with Gasteiger partial charge in [-0.15, -0.1) is 0 Å². The van der Waals surface area contributed by atoms with Crippen molar-refractivity contribution >= 4 is 11.6 Å². The number of pyridine rings is 1. The quantitative estimate of drug-likeness (QED) is 0.739. The normalized spacial score (nSPS) is 10.8. The summed E-state index contributed by atoms with van der Waals surface area (Å²) in [6.07, 6.45) is 2.21. The molecule has 3 rings (SSSR count). The maximum Gasteiger partial charge on any atom is 0.224 e. The molecule has 0 aliphatic heterocycles. The lowest BCUT2D eigenvalue weighted by molar-refractivity contribution is -0.116. The molecular formula is C20H20FN3O2. The van der Waals surface area contributed by atoms with Crippen molar-refractivity contribution in [3.05, 3.63) is 65.2 Å². The highest BCUT2D eigenvalue weighted by Gasteiger charge is 2.12. The van der Waals surface area contributed by atoms with Crippen LogP contribution in [0.4, 0.5) is 10.1 Å². The number of amides is 1. The third kappa shape index (κ3) is 4.14. The lowest BCUT2D eigenvalue weighted by atomic mass is 10.1. The molecule has 0 spiro atoms. The van der Waals surface area contributed by atoms with Crippen molar-refractivity contribution in [1.29, 1.82) is 0 Å². The molecule has 0 saturated heterocycles. The zero-order chi connectivity index (χ0) is 18.7. The average Bonchev–Trinajstić information content (AvgIpc) is 3.06. The Hall–Kier alpha value is -3.02. The van der Waals surface area contributed by atoms with E-state index in [0.29, 0.717) is 18.1 Å². The van der Waals surface area contributed by atoms with Gasteiger partial charge in [-0.1, -0.05) is 0 Å². The Morgan fingerprint density at radius 2 is 1.92 bits per heavy atom. The van der Waals surface area contributed by atoms with E-state index in [9.17, 15) is 9.18 Å². The highest BCUT2D eigenvalue weighted by molar-refractivity contribution is 5.92. The predicted octanol–water partition coefficient (Wildman–Crippen LogP) is 4.37. The van der Waals surface area contributed by atoms with Gasteiger partial charge in [0.2, 0.25) is 5.91 Å². The third-order valence-corrected chi connectivity index (χ3v) is 4.04. The number of carbonyl (C=O) groups excluding carboxylic acids is 1. The van der Waals surface area contributed by atoms with E-state index in [2.05, 4.69) is 15.3 Å². The van der Waals surface area contributed by atoms with E-state index in [1.54, 1.807) is 18.3 Å². The minimum Gasteiger partial charge on any atom is -0.441 e. The number of anilines is 1. The van der Waals surface area contributed by atoms with Gasteiger partial charge in [0, 0.05) is 24.1 Å². The van der Waals surface area contributed by atoms with Gasteiger partial charge in [-0.25, -0.2) is 9.37 Å². The maximum absolute atomic E-state index is 13.0. The first kappa shape index (κ1) is 17.8. The van der Waals surface area contributed by atoms with Gasteiger partial charge in [0.1, 0.15) is 5.82 Å². The van der Waals surface area contributed by atoms with E-state index in [1.807, 2.05) is 26.8 Å². The molecule has 6 heteroatoms. The first-order valence-electron chi connectivity index (χ1n) is 8.37. The van der Waals surface area contributed by atoms with Gasteiger partial charge in [-0.05, 0) is 56.7 Å². The predicted molar refractivity (Wildman–Crippen MR) is 97.3 cm³/mol. The number of nitrogens with one attached hydrogen (secondary N) is 1. The minimum absolute atomic E-state index is 0.122. The number of nitrogens with zero attached hydrogens (tertiary/aromatic N) is 2. The van der Waals surface area contributed by atoms with Crippen molar-refractivity contribution in [2.45, 2.75) is 33.6 Å². The first-order chi connectivity index (χ1) is 12.4. The summed E-state index contributed by atoms with van der Waals surface area (Å²) in [6.45, 7) is 5.74. The Bertz CT molecular complexity index is 909. The number of carbonyl (C=O) groups is 1. The Balaban J connectivity index is 1.61. The second-order valence-corrected chi connectivity index (χ2v) is 6.21. The van der Waals surface area contributed by atoms with E-state index in [4.69, 9.17) is 4.42 Å². The van der Waals surface area contributed by atoms with E-state index in [-0.39, 0.29) is 18.1 Å². The molecular weight excluding hydrogens is 333 g/mol. The number of rotatable bonds is 5. The summed E-state index contributed by atoms with van der Waals surface area (Å²) in [5, 5.41) is 2.91. The smallest absolute Gasteiger partial charge is 0.224 e. The lowest BCUT2D eigenvalue weighted by Gasteiger charge is -2.11. The van der Waals surface area contributed by atoms with Crippen LogP contribution < -0.4 is 5.32 Å². The molecule has 0 radical (unpaired) electrons. The summed E-state index contributed by atoms with van der Waals surface area (Å²) in [6, 6.07) is 7.92. The molecule has 0 bridgehead atoms. The zero-order valence-electron chi connectivity index (χ0n) is 15.0. The largest absolute Gasteiger partial charge is 0.441 e. The highest BCUT2D eigenvalue weighted by Crippen LogP contribution is 2.22. The molecule has 1 N–H and O–H groups in total. The molecule has 1 aromatic carbocycles. The lowest BCUT2D eigenvalue weighted by Crippen LogP contribution is -2.15. The molecule has 2 heterocycles. The number of hydrogen-bond donors (Lipinski definition) is 1. The standard InChI is InChI=1S/C20H20FN3O2/c1-12-10-13(2)23-14(3)20(12)24-18(25)8-9-19-22-11-17(26-19)15-4-6-16(21)7-5-15/h4-7,10-11H,8-9H2,1-3H3,(H,24,25). The Morgan fingerprint density at radius 1 is 1.19 bits per heavy atom. The van der Waals surface area contributed by atoms with Crippen LogP contribution in [0.2, 0.25) is 0 Å². The molecule has 0 unspecified atom stereocenters. The molecule has 0 aliphatic carbocycles. The van der Waals surface area contributed by atoms with Crippen LogP contribution in [-0.2, 0) is 11.2 Å². The van der Waals surface area contributed by atoms with Gasteiger partial charge in [0.05, 0.1) is 17.6 Å². The fourth-order valence-electron chi connectivity index (χ4n) is 2.81. The first-order valence-corrected chi connectivity index (χ1v) is 8.37. The summed E-state index contributed by atoms with van der Waals surface area (Å²) in [5.41, 5.74) is 4.20. The summed E-state index contributed by atoms with van der Waals surface area (Å²) >= 11 is 0. The monoisotopic (exact) mass is 353 g/mol. The average molecular weight is 353 g/mol. The number of hydrogen-bond acceptors (Lipinski definition) is 4. The van der Waals surface area contributed by atoms with Crippen LogP contribution in [0, 0.1) is 26.6 Å². The highest BCUT2D eigenvalue weighted by atomic mass is 19.1. The van der Waals surface area contributed by atoms with Crippen molar-refractivity contribution in [1.82, 2.24) is 9.97 Å². The molecule has 0 fully saturated rings. The SMILES string of the molecule is Cc1cc(C)c(NC(=O)CCc2ncc(-c3ccc(F)cc3)o2)c(C)n1. The second kappa shape index (κ2) is 7.47. The molecule has 0 atom stereocenters. The molecule has 134 valence electrons. The van der Waals surface area contributed by atoms with Crippen molar-refractivity contribution in [3.63, 3.8) is 0 Å². The fraction of sp³-hybridized carbons (Fsp3) is 0.250. The van der Waals surface area contributed by atoms with Gasteiger partial charge in [-0.3, -0.25) is 9.78 Å². The van der Waals surface area contributed by atoms with Crippen molar-refractivity contribution in [2.24, 2.45) is 0 Å². The molecule has 3 aromatic rings.